The number of aromatic nitrogens is 3. The third-order valence-electron chi connectivity index (χ3n) is 9.03. The van der Waals surface area contributed by atoms with Gasteiger partial charge in [0.2, 0.25) is 0 Å². The van der Waals surface area contributed by atoms with Crippen LogP contribution in [0.15, 0.2) is 114 Å². The average molecular weight is 553 g/mol. The number of hydrogen-bond acceptors (Lipinski definition) is 3. The summed E-state index contributed by atoms with van der Waals surface area (Å²) in [5, 5.41) is 1.00. The fourth-order valence-electron chi connectivity index (χ4n) is 6.89. The van der Waals surface area contributed by atoms with Crippen molar-refractivity contribution < 1.29 is 4.42 Å². The van der Waals surface area contributed by atoms with Crippen molar-refractivity contribution >= 4 is 44.6 Å². The van der Waals surface area contributed by atoms with Gasteiger partial charge in [0.15, 0.2) is 11.3 Å². The molecule has 0 amide bonds. The molecule has 0 unspecified atom stereocenters. The summed E-state index contributed by atoms with van der Waals surface area (Å²) in [6, 6.07) is 37.6. The van der Waals surface area contributed by atoms with Crippen LogP contribution in [0.1, 0.15) is 25.0 Å². The Hall–Kier alpha value is -5.73. The highest BCUT2D eigenvalue weighted by Gasteiger charge is 2.35. The van der Waals surface area contributed by atoms with E-state index in [0.717, 1.165) is 55.4 Å². The normalized spacial score (nSPS) is 13.5. The number of pyridine rings is 1. The van der Waals surface area contributed by atoms with Crippen LogP contribution < -0.4 is 0 Å². The predicted octanol–water partition coefficient (Wildman–Crippen LogP) is 9.97. The zero-order chi connectivity index (χ0) is 28.9. The average Bonchev–Trinajstić information content (AvgIpc) is 3.67. The molecule has 0 saturated carbocycles. The van der Waals surface area contributed by atoms with Crippen LogP contribution in [-0.2, 0) is 5.41 Å². The number of oxazole rings is 1. The first-order valence-electron chi connectivity index (χ1n) is 14.4. The van der Waals surface area contributed by atoms with Gasteiger partial charge in [0.25, 0.3) is 0 Å². The summed E-state index contributed by atoms with van der Waals surface area (Å²) in [7, 11) is 0. The van der Waals surface area contributed by atoms with Gasteiger partial charge in [-0.1, -0.05) is 92.7 Å². The first-order chi connectivity index (χ1) is 21.0. The Balaban J connectivity index is 1.26. The summed E-state index contributed by atoms with van der Waals surface area (Å²) in [5.74, 6) is 0.563. The smallest absolute Gasteiger partial charge is 0.307 e. The van der Waals surface area contributed by atoms with Crippen molar-refractivity contribution in [3.05, 3.63) is 132 Å². The lowest BCUT2D eigenvalue weighted by atomic mass is 9.81. The highest BCUT2D eigenvalue weighted by atomic mass is 16.4. The fraction of sp³-hybridized carbons (Fsp3) is 0.0789. The van der Waals surface area contributed by atoms with Crippen molar-refractivity contribution in [1.82, 2.24) is 14.4 Å². The van der Waals surface area contributed by atoms with Crippen LogP contribution in [0.5, 0.6) is 0 Å². The molecule has 0 spiro atoms. The highest BCUT2D eigenvalue weighted by Crippen LogP contribution is 2.50. The van der Waals surface area contributed by atoms with E-state index in [2.05, 4.69) is 83.8 Å². The number of para-hydroxylation sites is 3. The Labute approximate surface area is 247 Å². The minimum absolute atomic E-state index is 0.198. The van der Waals surface area contributed by atoms with E-state index < -0.39 is 0 Å². The van der Waals surface area contributed by atoms with Gasteiger partial charge < -0.3 is 4.42 Å². The minimum Gasteiger partial charge on any atom is -0.423 e. The minimum atomic E-state index is -0.198. The summed E-state index contributed by atoms with van der Waals surface area (Å²) in [6.45, 7) is 12.0. The lowest BCUT2D eigenvalue weighted by Crippen LogP contribution is -2.14. The maximum Gasteiger partial charge on any atom is 0.307 e. The van der Waals surface area contributed by atoms with Crippen LogP contribution >= 0.6 is 0 Å². The first-order valence-corrected chi connectivity index (χ1v) is 14.4. The zero-order valence-electron chi connectivity index (χ0n) is 23.6. The molecule has 0 saturated heterocycles. The third kappa shape index (κ3) is 3.26. The van der Waals surface area contributed by atoms with Gasteiger partial charge in [0.1, 0.15) is 11.0 Å². The Morgan fingerprint density at radius 2 is 1.47 bits per heavy atom. The standard InChI is InChI=1S/C38H24N4O/c1-38(2)29-20-23(15-17-26(29)27-18-16-25(39-3)21-30(27)38)22-9-8-10-24(19-22)34-36-35(28-11-4-5-12-31(28)40-34)41-37-42(36)32-13-6-7-14-33(32)43-37/h4-21H,1-2H3. The lowest BCUT2D eigenvalue weighted by Gasteiger charge is -2.22. The molecule has 0 bridgehead atoms. The van der Waals surface area contributed by atoms with Crippen molar-refractivity contribution in [2.24, 2.45) is 0 Å². The van der Waals surface area contributed by atoms with Gasteiger partial charge in [-0.2, -0.15) is 4.98 Å². The second-order valence-electron chi connectivity index (χ2n) is 11.8. The lowest BCUT2D eigenvalue weighted by molar-refractivity contribution is 0.643. The van der Waals surface area contributed by atoms with Gasteiger partial charge in [0.05, 0.1) is 23.3 Å². The van der Waals surface area contributed by atoms with E-state index in [0.29, 0.717) is 11.5 Å². The van der Waals surface area contributed by atoms with Gasteiger partial charge >= 0.3 is 5.84 Å². The number of imidazole rings is 1. The summed E-state index contributed by atoms with van der Waals surface area (Å²) in [5.41, 5.74) is 14.1. The Morgan fingerprint density at radius 1 is 0.721 bits per heavy atom. The third-order valence-corrected chi connectivity index (χ3v) is 9.03. The Morgan fingerprint density at radius 3 is 2.35 bits per heavy atom. The van der Waals surface area contributed by atoms with Crippen molar-refractivity contribution in [2.75, 3.05) is 0 Å². The van der Waals surface area contributed by atoms with Gasteiger partial charge in [-0.15, -0.1) is 0 Å². The van der Waals surface area contributed by atoms with E-state index in [1.54, 1.807) is 0 Å². The number of rotatable bonds is 2. The maximum atomic E-state index is 7.50. The monoisotopic (exact) mass is 552 g/mol. The predicted molar refractivity (Wildman–Crippen MR) is 172 cm³/mol. The number of hydrogen-bond donors (Lipinski definition) is 0. The second-order valence-corrected chi connectivity index (χ2v) is 11.8. The van der Waals surface area contributed by atoms with Crippen molar-refractivity contribution in [3.8, 4) is 33.5 Å². The van der Waals surface area contributed by atoms with Gasteiger partial charge in [0, 0.05) is 16.4 Å². The van der Waals surface area contributed by atoms with Crippen molar-refractivity contribution in [3.63, 3.8) is 0 Å². The Kier molecular flexibility index (Phi) is 4.68. The van der Waals surface area contributed by atoms with E-state index in [9.17, 15) is 0 Å². The van der Waals surface area contributed by atoms with Crippen LogP contribution in [0, 0.1) is 6.57 Å². The summed E-state index contributed by atoms with van der Waals surface area (Å²) >= 11 is 0. The molecule has 0 atom stereocenters. The molecule has 202 valence electrons. The molecule has 5 heteroatoms. The molecule has 0 aliphatic heterocycles. The van der Waals surface area contributed by atoms with Crippen LogP contribution in [0.3, 0.4) is 0 Å². The number of fused-ring (bicyclic) bond motifs is 10. The molecule has 1 aliphatic carbocycles. The highest BCUT2D eigenvalue weighted by molar-refractivity contribution is 6.10. The van der Waals surface area contributed by atoms with Crippen molar-refractivity contribution in [1.29, 1.82) is 0 Å². The maximum absolute atomic E-state index is 7.50. The summed E-state index contributed by atoms with van der Waals surface area (Å²) in [4.78, 5) is 13.9. The van der Waals surface area contributed by atoms with Gasteiger partial charge in [-0.05, 0) is 63.7 Å². The molecule has 1 aliphatic rings. The topological polar surface area (TPSA) is 47.7 Å². The molecule has 0 radical (unpaired) electrons. The SMILES string of the molecule is [C-]#[N+]c1ccc2c(c1)C(C)(C)c1cc(-c3cccc(-c4nc5ccccc5c5nc6oc7ccccc7n6c45)c3)ccc1-2. The zero-order valence-corrected chi connectivity index (χ0v) is 23.6. The molecule has 0 fully saturated rings. The van der Waals surface area contributed by atoms with Gasteiger partial charge in [-0.25, -0.2) is 9.83 Å². The fourth-order valence-corrected chi connectivity index (χ4v) is 6.89. The van der Waals surface area contributed by atoms with E-state index in [4.69, 9.17) is 21.0 Å². The van der Waals surface area contributed by atoms with Crippen LogP contribution in [-0.4, -0.2) is 14.4 Å². The van der Waals surface area contributed by atoms with Crippen LogP contribution in [0.4, 0.5) is 5.69 Å². The largest absolute Gasteiger partial charge is 0.423 e. The molecule has 0 N–H and O–H groups in total. The van der Waals surface area contributed by atoms with Crippen molar-refractivity contribution in [2.45, 2.75) is 19.3 Å². The van der Waals surface area contributed by atoms with Crippen LogP contribution in [0.2, 0.25) is 0 Å². The van der Waals surface area contributed by atoms with E-state index in [1.165, 1.54) is 22.3 Å². The quantitative estimate of drug-likeness (QED) is 0.201. The van der Waals surface area contributed by atoms with E-state index >= 15 is 0 Å². The molecule has 9 rings (SSSR count). The molecular formula is C38H24N4O. The molecule has 43 heavy (non-hydrogen) atoms. The molecule has 5 aromatic carbocycles. The number of nitrogens with zero attached hydrogens (tertiary/aromatic N) is 4. The van der Waals surface area contributed by atoms with E-state index in [-0.39, 0.29) is 5.41 Å². The first kappa shape index (κ1) is 23.9. The number of benzene rings is 5. The second kappa shape index (κ2) is 8.40. The van der Waals surface area contributed by atoms with Crippen LogP contribution in [0.25, 0.3) is 77.2 Å². The summed E-state index contributed by atoms with van der Waals surface area (Å²) in [6.07, 6.45) is 0. The molecule has 8 aromatic rings. The molecule has 5 nitrogen and oxygen atoms in total. The molecule has 3 heterocycles. The molecule has 3 aromatic heterocycles. The summed E-state index contributed by atoms with van der Waals surface area (Å²) < 4.78 is 8.28. The van der Waals surface area contributed by atoms with E-state index in [1.807, 2.05) is 48.5 Å². The van der Waals surface area contributed by atoms with Gasteiger partial charge in [-0.3, -0.25) is 4.40 Å². The molecular weight excluding hydrogens is 528 g/mol. The Bertz CT molecular complexity index is 2500.